The van der Waals surface area contributed by atoms with E-state index < -0.39 is 15.9 Å². The molecule has 1 atom stereocenters. The molecule has 33 heavy (non-hydrogen) atoms. The molecular formula is C23H25ClN4O4S. The lowest BCUT2D eigenvalue weighted by atomic mass is 9.98. The molecule has 3 aromatic rings. The zero-order valence-corrected chi connectivity index (χ0v) is 20.0. The maximum absolute atomic E-state index is 13.1. The van der Waals surface area contributed by atoms with Gasteiger partial charge in [-0.25, -0.2) is 8.42 Å². The summed E-state index contributed by atoms with van der Waals surface area (Å²) < 4.78 is 32.8. The van der Waals surface area contributed by atoms with Crippen molar-refractivity contribution in [2.24, 2.45) is 5.92 Å². The molecule has 1 fully saturated rings. The van der Waals surface area contributed by atoms with Crippen LogP contribution in [0.4, 0.5) is 0 Å². The van der Waals surface area contributed by atoms with Gasteiger partial charge in [0, 0.05) is 30.7 Å². The standard InChI is InChI=1S/C23H25ClN4O4S/c1-16-8-10-20(11-9-16)33(30,31)28-12-4-6-18(14-28)23(29)27(2)15-21-25-22(26-32-21)17-5-3-7-19(24)13-17/h3,5,7-11,13,18H,4,6,12,14-15H2,1-2H3/t18-/m1/s1. The van der Waals surface area contributed by atoms with Crippen LogP contribution in [0.3, 0.4) is 0 Å². The van der Waals surface area contributed by atoms with Crippen molar-refractivity contribution in [3.05, 3.63) is 65.0 Å². The molecule has 0 bridgehead atoms. The Kier molecular flexibility index (Phi) is 6.83. The first-order valence-corrected chi connectivity index (χ1v) is 12.5. The first kappa shape index (κ1) is 23.4. The molecule has 0 aliphatic carbocycles. The quantitative estimate of drug-likeness (QED) is 0.524. The molecule has 0 spiro atoms. The minimum atomic E-state index is -3.65. The predicted octanol–water partition coefficient (Wildman–Crippen LogP) is 3.76. The minimum absolute atomic E-state index is 0.133. The number of carbonyl (C=O) groups is 1. The molecule has 1 aliphatic rings. The van der Waals surface area contributed by atoms with Gasteiger partial charge in [0.1, 0.15) is 0 Å². The highest BCUT2D eigenvalue weighted by atomic mass is 35.5. The van der Waals surface area contributed by atoms with Gasteiger partial charge in [-0.3, -0.25) is 4.79 Å². The molecule has 4 rings (SSSR count). The van der Waals surface area contributed by atoms with Crippen molar-refractivity contribution in [1.82, 2.24) is 19.3 Å². The van der Waals surface area contributed by atoms with E-state index in [0.717, 1.165) is 11.1 Å². The van der Waals surface area contributed by atoms with Gasteiger partial charge in [-0.1, -0.05) is 46.6 Å². The Hall–Kier alpha value is -2.75. The highest BCUT2D eigenvalue weighted by Gasteiger charge is 2.34. The summed E-state index contributed by atoms with van der Waals surface area (Å²) in [6.07, 6.45) is 1.25. The summed E-state index contributed by atoms with van der Waals surface area (Å²) in [5, 5.41) is 4.53. The van der Waals surface area contributed by atoms with Gasteiger partial charge in [0.25, 0.3) is 0 Å². The average molecular weight is 489 g/mol. The van der Waals surface area contributed by atoms with Crippen LogP contribution in [0.25, 0.3) is 11.4 Å². The first-order valence-electron chi connectivity index (χ1n) is 10.6. The van der Waals surface area contributed by atoms with Crippen molar-refractivity contribution in [1.29, 1.82) is 0 Å². The molecule has 0 N–H and O–H groups in total. The van der Waals surface area contributed by atoms with Gasteiger partial charge in [-0.05, 0) is 44.0 Å². The molecule has 10 heteroatoms. The van der Waals surface area contributed by atoms with Gasteiger partial charge in [0.2, 0.25) is 27.6 Å². The Morgan fingerprint density at radius 1 is 1.24 bits per heavy atom. The topological polar surface area (TPSA) is 96.6 Å². The van der Waals surface area contributed by atoms with E-state index in [9.17, 15) is 13.2 Å². The molecular weight excluding hydrogens is 464 g/mol. The Bertz CT molecular complexity index is 1240. The largest absolute Gasteiger partial charge is 0.337 e. The summed E-state index contributed by atoms with van der Waals surface area (Å²) in [5.41, 5.74) is 1.71. The SMILES string of the molecule is Cc1ccc(S(=O)(=O)N2CCC[C@@H](C(=O)N(C)Cc3nc(-c4cccc(Cl)c4)no3)C2)cc1. The van der Waals surface area contributed by atoms with Crippen molar-refractivity contribution in [2.75, 3.05) is 20.1 Å². The zero-order chi connectivity index (χ0) is 23.6. The van der Waals surface area contributed by atoms with E-state index in [4.69, 9.17) is 16.1 Å². The molecule has 8 nitrogen and oxygen atoms in total. The number of sulfonamides is 1. The second-order valence-electron chi connectivity index (χ2n) is 8.23. The molecule has 174 valence electrons. The second-order valence-corrected chi connectivity index (χ2v) is 10.6. The van der Waals surface area contributed by atoms with Crippen LogP contribution in [0.2, 0.25) is 5.02 Å². The number of aromatic nitrogens is 2. The summed E-state index contributed by atoms with van der Waals surface area (Å²) in [5.74, 6) is 0.0998. The Morgan fingerprint density at radius 3 is 2.73 bits per heavy atom. The van der Waals surface area contributed by atoms with E-state index in [1.807, 2.05) is 13.0 Å². The number of nitrogens with zero attached hydrogens (tertiary/aromatic N) is 4. The number of piperidine rings is 1. The van der Waals surface area contributed by atoms with Gasteiger partial charge in [0.05, 0.1) is 17.4 Å². The van der Waals surface area contributed by atoms with E-state index in [0.29, 0.717) is 36.1 Å². The number of hydrogen-bond donors (Lipinski definition) is 0. The van der Waals surface area contributed by atoms with Gasteiger partial charge < -0.3 is 9.42 Å². The maximum Gasteiger partial charge on any atom is 0.246 e. The number of halogens is 1. The van der Waals surface area contributed by atoms with Crippen LogP contribution < -0.4 is 0 Å². The Balaban J connectivity index is 1.42. The van der Waals surface area contributed by atoms with E-state index in [1.165, 1.54) is 9.21 Å². The zero-order valence-electron chi connectivity index (χ0n) is 18.4. The lowest BCUT2D eigenvalue weighted by molar-refractivity contribution is -0.136. The predicted molar refractivity (Wildman–Crippen MR) is 124 cm³/mol. The summed E-state index contributed by atoms with van der Waals surface area (Å²) in [6.45, 7) is 2.59. The number of hydrogen-bond acceptors (Lipinski definition) is 6. The summed E-state index contributed by atoms with van der Waals surface area (Å²) in [4.78, 5) is 19.2. The third-order valence-electron chi connectivity index (χ3n) is 5.69. The number of carbonyl (C=O) groups excluding carboxylic acids is 1. The van der Waals surface area contributed by atoms with Crippen LogP contribution in [-0.4, -0.2) is 53.8 Å². The number of rotatable bonds is 6. The van der Waals surface area contributed by atoms with Gasteiger partial charge >= 0.3 is 0 Å². The van der Waals surface area contributed by atoms with E-state index in [2.05, 4.69) is 10.1 Å². The third kappa shape index (κ3) is 5.26. The smallest absolute Gasteiger partial charge is 0.246 e. The first-order chi connectivity index (χ1) is 15.7. The summed E-state index contributed by atoms with van der Waals surface area (Å²) in [7, 11) is -2.00. The molecule has 0 radical (unpaired) electrons. The fraction of sp³-hybridized carbons (Fsp3) is 0.348. The monoisotopic (exact) mass is 488 g/mol. The van der Waals surface area contributed by atoms with Gasteiger partial charge in [-0.15, -0.1) is 0 Å². The van der Waals surface area contributed by atoms with Gasteiger partial charge in [0.15, 0.2) is 0 Å². The average Bonchev–Trinajstić information content (AvgIpc) is 3.27. The van der Waals surface area contributed by atoms with E-state index in [1.54, 1.807) is 49.5 Å². The van der Waals surface area contributed by atoms with Crippen LogP contribution >= 0.6 is 11.6 Å². The van der Waals surface area contributed by atoms with Crippen molar-refractivity contribution in [3.8, 4) is 11.4 Å². The normalized spacial score (nSPS) is 17.1. The maximum atomic E-state index is 13.1. The third-order valence-corrected chi connectivity index (χ3v) is 7.81. The molecule has 0 unspecified atom stereocenters. The fourth-order valence-corrected chi connectivity index (χ4v) is 5.59. The van der Waals surface area contributed by atoms with Crippen LogP contribution in [-0.2, 0) is 21.4 Å². The van der Waals surface area contributed by atoms with Crippen LogP contribution in [0.5, 0.6) is 0 Å². The lowest BCUT2D eigenvalue weighted by Crippen LogP contribution is -2.45. The highest BCUT2D eigenvalue weighted by Crippen LogP contribution is 2.26. The molecule has 1 saturated heterocycles. The van der Waals surface area contributed by atoms with Crippen LogP contribution in [0.1, 0.15) is 24.3 Å². The number of amides is 1. The van der Waals surface area contributed by atoms with Crippen LogP contribution in [0.15, 0.2) is 57.9 Å². The summed E-state index contributed by atoms with van der Waals surface area (Å²) >= 11 is 6.02. The molecule has 1 amide bonds. The summed E-state index contributed by atoms with van der Waals surface area (Å²) in [6, 6.07) is 13.9. The molecule has 0 saturated carbocycles. The minimum Gasteiger partial charge on any atom is -0.337 e. The lowest BCUT2D eigenvalue weighted by Gasteiger charge is -2.33. The molecule has 2 heterocycles. The number of benzene rings is 2. The molecule has 1 aromatic heterocycles. The Morgan fingerprint density at radius 2 is 2.00 bits per heavy atom. The number of aryl methyl sites for hydroxylation is 1. The van der Waals surface area contributed by atoms with Gasteiger partial charge in [-0.2, -0.15) is 9.29 Å². The highest BCUT2D eigenvalue weighted by molar-refractivity contribution is 7.89. The van der Waals surface area contributed by atoms with E-state index >= 15 is 0 Å². The molecule has 1 aliphatic heterocycles. The second kappa shape index (κ2) is 9.62. The van der Waals surface area contributed by atoms with Crippen molar-refractivity contribution in [2.45, 2.75) is 31.2 Å². The van der Waals surface area contributed by atoms with Crippen molar-refractivity contribution < 1.29 is 17.7 Å². The van der Waals surface area contributed by atoms with Crippen molar-refractivity contribution in [3.63, 3.8) is 0 Å². The Labute approximate surface area is 198 Å². The van der Waals surface area contributed by atoms with Crippen molar-refractivity contribution >= 4 is 27.5 Å². The van der Waals surface area contributed by atoms with Crippen LogP contribution in [0, 0.1) is 12.8 Å². The van der Waals surface area contributed by atoms with E-state index in [-0.39, 0.29) is 23.9 Å². The molecule has 2 aromatic carbocycles. The fourth-order valence-electron chi connectivity index (χ4n) is 3.88.